The van der Waals surface area contributed by atoms with Gasteiger partial charge in [0.25, 0.3) is 0 Å². The van der Waals surface area contributed by atoms with Gasteiger partial charge in [-0.05, 0) is 24.3 Å². The normalized spacial score (nSPS) is 14.9. The summed E-state index contributed by atoms with van der Waals surface area (Å²) >= 11 is 0. The van der Waals surface area contributed by atoms with Crippen molar-refractivity contribution < 1.29 is 9.21 Å². The third-order valence-corrected chi connectivity index (χ3v) is 5.89. The molecule has 0 unspecified atom stereocenters. The largest absolute Gasteiger partial charge is 0.419 e. The molecule has 1 amide bonds. The Morgan fingerprint density at radius 3 is 2.59 bits per heavy atom. The standard InChI is InChI=1S/C23H24N6O3/c24-22-16-5-1-2-6-17(16)25-20(26-22)15-27-11-13-28(14-12-27)21(30)9-10-29-18-7-3-4-8-19(18)32-23(29)31/h1-8H,9-15H2,(H2,24,25,26). The van der Waals surface area contributed by atoms with E-state index in [1.165, 1.54) is 4.57 Å². The number of hydrogen-bond acceptors (Lipinski definition) is 7. The van der Waals surface area contributed by atoms with E-state index in [-0.39, 0.29) is 12.3 Å². The van der Waals surface area contributed by atoms with Gasteiger partial charge in [0.2, 0.25) is 5.91 Å². The lowest BCUT2D eigenvalue weighted by Crippen LogP contribution is -2.48. The summed E-state index contributed by atoms with van der Waals surface area (Å²) in [6.07, 6.45) is 0.258. The van der Waals surface area contributed by atoms with E-state index in [0.717, 1.165) is 24.0 Å². The van der Waals surface area contributed by atoms with Crippen LogP contribution in [0.1, 0.15) is 12.2 Å². The number of carbonyl (C=O) groups is 1. The quantitative estimate of drug-likeness (QED) is 0.512. The van der Waals surface area contributed by atoms with E-state index >= 15 is 0 Å². The van der Waals surface area contributed by atoms with Gasteiger partial charge in [0, 0.05) is 44.5 Å². The zero-order valence-electron chi connectivity index (χ0n) is 17.6. The number of nitrogen functional groups attached to an aromatic ring is 1. The van der Waals surface area contributed by atoms with E-state index in [2.05, 4.69) is 14.9 Å². The molecule has 1 saturated heterocycles. The monoisotopic (exact) mass is 432 g/mol. The van der Waals surface area contributed by atoms with E-state index in [9.17, 15) is 9.59 Å². The number of benzene rings is 2. The Bertz CT molecular complexity index is 1340. The molecule has 2 aromatic heterocycles. The van der Waals surface area contributed by atoms with Crippen molar-refractivity contribution in [2.75, 3.05) is 31.9 Å². The average Bonchev–Trinajstić information content (AvgIpc) is 3.13. The van der Waals surface area contributed by atoms with Crippen LogP contribution in [0.4, 0.5) is 5.82 Å². The highest BCUT2D eigenvalue weighted by atomic mass is 16.4. The molecule has 4 aromatic rings. The van der Waals surface area contributed by atoms with Crippen LogP contribution in [0.25, 0.3) is 22.0 Å². The Balaban J connectivity index is 1.17. The van der Waals surface area contributed by atoms with Crippen molar-refractivity contribution in [1.82, 2.24) is 24.3 Å². The number of nitrogens with two attached hydrogens (primary N) is 1. The number of amides is 1. The Kier molecular flexibility index (Phi) is 5.32. The summed E-state index contributed by atoms with van der Waals surface area (Å²) in [7, 11) is 0. The van der Waals surface area contributed by atoms with Crippen LogP contribution in [0.5, 0.6) is 0 Å². The highest BCUT2D eigenvalue weighted by molar-refractivity contribution is 5.87. The lowest BCUT2D eigenvalue weighted by Gasteiger charge is -2.34. The lowest BCUT2D eigenvalue weighted by molar-refractivity contribution is -0.133. The van der Waals surface area contributed by atoms with E-state index in [1.807, 2.05) is 47.4 Å². The third-order valence-electron chi connectivity index (χ3n) is 5.89. The summed E-state index contributed by atoms with van der Waals surface area (Å²) in [4.78, 5) is 37.9. The number of rotatable bonds is 5. The Morgan fingerprint density at radius 2 is 1.75 bits per heavy atom. The first-order valence-electron chi connectivity index (χ1n) is 10.7. The molecule has 1 aliphatic rings. The van der Waals surface area contributed by atoms with Crippen molar-refractivity contribution in [3.8, 4) is 0 Å². The second-order valence-corrected chi connectivity index (χ2v) is 7.94. The van der Waals surface area contributed by atoms with E-state index in [1.54, 1.807) is 6.07 Å². The molecule has 0 atom stereocenters. The van der Waals surface area contributed by atoms with Crippen LogP contribution in [-0.4, -0.2) is 56.4 Å². The maximum atomic E-state index is 12.7. The van der Waals surface area contributed by atoms with E-state index in [0.29, 0.717) is 48.9 Å². The minimum absolute atomic E-state index is 0.0352. The minimum atomic E-state index is -0.432. The van der Waals surface area contributed by atoms with Gasteiger partial charge in [-0.3, -0.25) is 14.3 Å². The second-order valence-electron chi connectivity index (χ2n) is 7.94. The van der Waals surface area contributed by atoms with Gasteiger partial charge < -0.3 is 15.1 Å². The number of oxazole rings is 1. The predicted molar refractivity (Wildman–Crippen MR) is 121 cm³/mol. The maximum Gasteiger partial charge on any atom is 0.419 e. The molecule has 0 bridgehead atoms. The van der Waals surface area contributed by atoms with Crippen LogP contribution in [0.15, 0.2) is 57.7 Å². The van der Waals surface area contributed by atoms with Gasteiger partial charge in [-0.2, -0.15) is 0 Å². The molecule has 9 heteroatoms. The first-order chi connectivity index (χ1) is 15.6. The fraction of sp³-hybridized carbons (Fsp3) is 0.304. The van der Waals surface area contributed by atoms with Gasteiger partial charge in [-0.1, -0.05) is 24.3 Å². The van der Waals surface area contributed by atoms with Gasteiger partial charge in [0.15, 0.2) is 5.58 Å². The Labute approximate surface area is 184 Å². The molecule has 3 heterocycles. The topological polar surface area (TPSA) is 110 Å². The molecule has 2 aromatic carbocycles. The van der Waals surface area contributed by atoms with E-state index in [4.69, 9.17) is 10.2 Å². The minimum Gasteiger partial charge on any atom is -0.408 e. The van der Waals surface area contributed by atoms with E-state index < -0.39 is 5.76 Å². The average molecular weight is 432 g/mol. The molecule has 0 spiro atoms. The van der Waals surface area contributed by atoms with Gasteiger partial charge in [0.05, 0.1) is 17.6 Å². The van der Waals surface area contributed by atoms with Crippen molar-refractivity contribution in [1.29, 1.82) is 0 Å². The fourth-order valence-electron chi connectivity index (χ4n) is 4.17. The smallest absolute Gasteiger partial charge is 0.408 e. The highest BCUT2D eigenvalue weighted by Crippen LogP contribution is 2.18. The summed E-state index contributed by atoms with van der Waals surface area (Å²) in [6, 6.07) is 14.9. The molecule has 2 N–H and O–H groups in total. The van der Waals surface area contributed by atoms with Crippen LogP contribution in [-0.2, 0) is 17.9 Å². The van der Waals surface area contributed by atoms with Crippen molar-refractivity contribution >= 4 is 33.7 Å². The number of carbonyl (C=O) groups excluding carboxylic acids is 1. The number of piperazine rings is 1. The predicted octanol–water partition coefficient (Wildman–Crippen LogP) is 1.85. The Hall–Kier alpha value is -3.72. The zero-order chi connectivity index (χ0) is 22.1. The van der Waals surface area contributed by atoms with Gasteiger partial charge in [-0.15, -0.1) is 0 Å². The van der Waals surface area contributed by atoms with Crippen LogP contribution in [0, 0.1) is 0 Å². The summed E-state index contributed by atoms with van der Waals surface area (Å²) in [5.74, 6) is 0.778. The number of para-hydroxylation sites is 3. The van der Waals surface area contributed by atoms with Crippen molar-refractivity contribution in [3.63, 3.8) is 0 Å². The summed E-state index contributed by atoms with van der Waals surface area (Å²) < 4.78 is 6.76. The number of aryl methyl sites for hydroxylation is 1. The number of aromatic nitrogens is 3. The SMILES string of the molecule is Nc1nc(CN2CCN(C(=O)CCn3c(=O)oc4ccccc43)CC2)nc2ccccc12. The number of fused-ring (bicyclic) bond motifs is 2. The number of nitrogens with zero attached hydrogens (tertiary/aromatic N) is 5. The second kappa shape index (κ2) is 8.43. The van der Waals surface area contributed by atoms with Crippen LogP contribution >= 0.6 is 0 Å². The van der Waals surface area contributed by atoms with Gasteiger partial charge >= 0.3 is 5.76 Å². The summed E-state index contributed by atoms with van der Waals surface area (Å²) in [5, 5.41) is 0.858. The molecule has 1 fully saturated rings. The summed E-state index contributed by atoms with van der Waals surface area (Å²) in [6.45, 7) is 3.62. The van der Waals surface area contributed by atoms with Crippen molar-refractivity contribution in [2.24, 2.45) is 0 Å². The molecule has 0 aliphatic carbocycles. The molecule has 5 rings (SSSR count). The van der Waals surface area contributed by atoms with Crippen LogP contribution in [0.3, 0.4) is 0 Å². The lowest BCUT2D eigenvalue weighted by atomic mass is 10.2. The molecule has 32 heavy (non-hydrogen) atoms. The van der Waals surface area contributed by atoms with Crippen LogP contribution in [0.2, 0.25) is 0 Å². The molecule has 1 aliphatic heterocycles. The summed E-state index contributed by atoms with van der Waals surface area (Å²) in [5.41, 5.74) is 8.18. The molecular formula is C23H24N6O3. The number of anilines is 1. The molecule has 0 radical (unpaired) electrons. The van der Waals surface area contributed by atoms with Gasteiger partial charge in [0.1, 0.15) is 11.6 Å². The van der Waals surface area contributed by atoms with Crippen molar-refractivity contribution in [3.05, 3.63) is 64.9 Å². The third kappa shape index (κ3) is 3.94. The van der Waals surface area contributed by atoms with Crippen LogP contribution < -0.4 is 11.5 Å². The van der Waals surface area contributed by atoms with Crippen molar-refractivity contribution in [2.45, 2.75) is 19.5 Å². The first-order valence-corrected chi connectivity index (χ1v) is 10.7. The molecule has 164 valence electrons. The first kappa shape index (κ1) is 20.2. The number of hydrogen-bond donors (Lipinski definition) is 1. The molecule has 9 nitrogen and oxygen atoms in total. The molecule has 0 saturated carbocycles. The fourth-order valence-corrected chi connectivity index (χ4v) is 4.17. The van der Waals surface area contributed by atoms with Gasteiger partial charge in [-0.25, -0.2) is 14.8 Å². The zero-order valence-corrected chi connectivity index (χ0v) is 17.6. The Morgan fingerprint density at radius 1 is 1.00 bits per heavy atom. The maximum absolute atomic E-state index is 12.7. The molecular weight excluding hydrogens is 408 g/mol. The highest BCUT2D eigenvalue weighted by Gasteiger charge is 2.22.